The zero-order chi connectivity index (χ0) is 23.5. The van der Waals surface area contributed by atoms with Crippen LogP contribution in [0.5, 0.6) is 0 Å². The predicted molar refractivity (Wildman–Crippen MR) is 133 cm³/mol. The number of tetrazole rings is 1. The van der Waals surface area contributed by atoms with Gasteiger partial charge in [-0.25, -0.2) is 4.68 Å². The van der Waals surface area contributed by atoms with Gasteiger partial charge in [0.15, 0.2) is 5.82 Å². The molecule has 8 heteroatoms. The quantitative estimate of drug-likeness (QED) is 0.460. The van der Waals surface area contributed by atoms with Crippen LogP contribution in [0.3, 0.4) is 0 Å². The number of H-pyrrole nitrogens is 1. The molecular formula is C26H31N7O. The molecule has 1 N–H and O–H groups in total. The number of piperazine rings is 1. The Bertz CT molecular complexity index is 1310. The first-order valence-electron chi connectivity index (χ1n) is 12.1. The Kier molecular flexibility index (Phi) is 6.51. The minimum absolute atomic E-state index is 0.0890. The number of aryl methyl sites for hydroxylation is 1. The molecule has 5 rings (SSSR count). The average Bonchev–Trinajstić information content (AvgIpc) is 3.32. The number of hydrogen-bond acceptors (Lipinski definition) is 6. The third kappa shape index (κ3) is 4.51. The summed E-state index contributed by atoms with van der Waals surface area (Å²) in [7, 11) is 0. The molecule has 4 aromatic rings. The fourth-order valence-corrected chi connectivity index (χ4v) is 4.81. The van der Waals surface area contributed by atoms with Crippen molar-refractivity contribution in [3.8, 4) is 0 Å². The number of hydrogen-bond donors (Lipinski definition) is 1. The lowest BCUT2D eigenvalue weighted by Gasteiger charge is -2.38. The lowest BCUT2D eigenvalue weighted by Crippen LogP contribution is -2.49. The van der Waals surface area contributed by atoms with Crippen molar-refractivity contribution in [2.24, 2.45) is 0 Å². The first-order valence-corrected chi connectivity index (χ1v) is 12.1. The van der Waals surface area contributed by atoms with E-state index >= 15 is 0 Å². The van der Waals surface area contributed by atoms with E-state index in [0.29, 0.717) is 17.9 Å². The Morgan fingerprint density at radius 3 is 2.50 bits per heavy atom. The molecular weight excluding hydrogens is 426 g/mol. The second kappa shape index (κ2) is 9.87. The smallest absolute Gasteiger partial charge is 0.253 e. The van der Waals surface area contributed by atoms with E-state index < -0.39 is 0 Å². The van der Waals surface area contributed by atoms with Crippen LogP contribution >= 0.6 is 0 Å². The topological polar surface area (TPSA) is 82.9 Å². The summed E-state index contributed by atoms with van der Waals surface area (Å²) in [6.07, 6.45) is 0.947. The number of likely N-dealkylation sites (N-methyl/N-ethyl adjacent to an activating group) is 1. The van der Waals surface area contributed by atoms with Gasteiger partial charge >= 0.3 is 0 Å². The van der Waals surface area contributed by atoms with Gasteiger partial charge in [-0.2, -0.15) is 0 Å². The van der Waals surface area contributed by atoms with Crippen LogP contribution in [0.2, 0.25) is 0 Å². The summed E-state index contributed by atoms with van der Waals surface area (Å²) in [4.78, 5) is 21.3. The Balaban J connectivity index is 1.60. The molecule has 0 bridgehead atoms. The summed E-state index contributed by atoms with van der Waals surface area (Å²) >= 11 is 0. The number of rotatable bonds is 7. The van der Waals surface area contributed by atoms with E-state index in [1.807, 2.05) is 35.0 Å². The van der Waals surface area contributed by atoms with Gasteiger partial charge in [0.1, 0.15) is 6.04 Å². The molecule has 2 aromatic heterocycles. The predicted octanol–water partition coefficient (Wildman–Crippen LogP) is 2.85. The van der Waals surface area contributed by atoms with Crippen LogP contribution in [0.1, 0.15) is 42.4 Å². The molecule has 1 unspecified atom stereocenters. The van der Waals surface area contributed by atoms with Crippen molar-refractivity contribution in [3.63, 3.8) is 0 Å². The molecule has 0 spiro atoms. The van der Waals surface area contributed by atoms with Crippen molar-refractivity contribution < 1.29 is 0 Å². The molecule has 1 aliphatic heterocycles. The maximum absolute atomic E-state index is 13.4. The second-order valence-corrected chi connectivity index (χ2v) is 8.88. The van der Waals surface area contributed by atoms with Crippen molar-refractivity contribution >= 4 is 10.9 Å². The zero-order valence-electron chi connectivity index (χ0n) is 19.8. The highest BCUT2D eigenvalue weighted by molar-refractivity contribution is 5.80. The van der Waals surface area contributed by atoms with Crippen LogP contribution in [-0.4, -0.2) is 67.7 Å². The Morgan fingerprint density at radius 1 is 0.971 bits per heavy atom. The average molecular weight is 458 g/mol. The van der Waals surface area contributed by atoms with Crippen LogP contribution in [-0.2, 0) is 13.0 Å². The highest BCUT2D eigenvalue weighted by atomic mass is 16.1. The summed E-state index contributed by atoms with van der Waals surface area (Å²) in [5, 5.41) is 13.8. The third-order valence-electron chi connectivity index (χ3n) is 6.84. The molecule has 1 fully saturated rings. The van der Waals surface area contributed by atoms with Gasteiger partial charge in [-0.3, -0.25) is 9.69 Å². The third-order valence-corrected chi connectivity index (χ3v) is 6.84. The molecule has 8 nitrogen and oxygen atoms in total. The van der Waals surface area contributed by atoms with Gasteiger partial charge in [0.25, 0.3) is 5.56 Å². The number of aromatic nitrogens is 5. The molecule has 1 saturated heterocycles. The first-order chi connectivity index (χ1) is 16.7. The van der Waals surface area contributed by atoms with Crippen LogP contribution in [0.4, 0.5) is 0 Å². The maximum Gasteiger partial charge on any atom is 0.253 e. The number of benzene rings is 2. The summed E-state index contributed by atoms with van der Waals surface area (Å²) < 4.78 is 1.83. The number of nitrogens with one attached hydrogen (secondary N) is 1. The van der Waals surface area contributed by atoms with E-state index in [1.54, 1.807) is 0 Å². The first kappa shape index (κ1) is 22.4. The minimum atomic E-state index is -0.323. The minimum Gasteiger partial charge on any atom is -0.322 e. The lowest BCUT2D eigenvalue weighted by atomic mass is 10.0. The highest BCUT2D eigenvalue weighted by Gasteiger charge is 2.32. The number of pyridine rings is 1. The molecule has 1 atom stereocenters. The van der Waals surface area contributed by atoms with E-state index in [4.69, 9.17) is 0 Å². The van der Waals surface area contributed by atoms with Crippen molar-refractivity contribution in [1.82, 2.24) is 35.0 Å². The summed E-state index contributed by atoms with van der Waals surface area (Å²) in [6, 6.07) is 18.1. The standard InChI is InChI=1S/C26H31N7O/c1-3-19-10-11-23-21(16-19)17-22(26(34)27-23)24(32-14-12-31(4-2)13-15-32)25-28-29-30-33(25)18-20-8-6-5-7-9-20/h5-11,16-17,24H,3-4,12-15,18H2,1-2H3,(H,27,34). The van der Waals surface area contributed by atoms with Crippen LogP contribution < -0.4 is 5.56 Å². The van der Waals surface area contributed by atoms with Gasteiger partial charge in [0, 0.05) is 37.3 Å². The van der Waals surface area contributed by atoms with E-state index in [9.17, 15) is 4.79 Å². The molecule has 34 heavy (non-hydrogen) atoms. The fourth-order valence-electron chi connectivity index (χ4n) is 4.81. The van der Waals surface area contributed by atoms with E-state index in [2.05, 4.69) is 68.4 Å². The van der Waals surface area contributed by atoms with Crippen molar-refractivity contribution in [2.45, 2.75) is 32.9 Å². The molecule has 0 amide bonds. The zero-order valence-corrected chi connectivity index (χ0v) is 19.8. The molecule has 3 heterocycles. The van der Waals surface area contributed by atoms with Gasteiger partial charge in [-0.15, -0.1) is 5.10 Å². The van der Waals surface area contributed by atoms with Crippen LogP contribution in [0, 0.1) is 0 Å². The monoisotopic (exact) mass is 457 g/mol. The normalized spacial score (nSPS) is 16.2. The van der Waals surface area contributed by atoms with Gasteiger partial charge in [-0.1, -0.05) is 50.2 Å². The van der Waals surface area contributed by atoms with Crippen LogP contribution in [0.15, 0.2) is 59.4 Å². The largest absolute Gasteiger partial charge is 0.322 e. The fraction of sp³-hybridized carbons (Fsp3) is 0.385. The number of fused-ring (bicyclic) bond motifs is 1. The van der Waals surface area contributed by atoms with Crippen LogP contribution in [0.25, 0.3) is 10.9 Å². The Hall–Kier alpha value is -3.36. The lowest BCUT2D eigenvalue weighted by molar-refractivity contribution is 0.108. The van der Waals surface area contributed by atoms with Gasteiger partial charge in [-0.05, 0) is 58.1 Å². The highest BCUT2D eigenvalue weighted by Crippen LogP contribution is 2.28. The van der Waals surface area contributed by atoms with Crippen molar-refractivity contribution in [3.05, 3.63) is 87.5 Å². The Labute approximate surface area is 199 Å². The molecule has 2 aromatic carbocycles. The molecule has 1 aliphatic rings. The molecule has 176 valence electrons. The van der Waals surface area contributed by atoms with Gasteiger partial charge in [0.05, 0.1) is 6.54 Å². The molecule has 0 radical (unpaired) electrons. The van der Waals surface area contributed by atoms with E-state index in [-0.39, 0.29) is 11.6 Å². The number of aromatic amines is 1. The SMILES string of the molecule is CCc1ccc2[nH]c(=O)c(C(c3nnnn3Cc3ccccc3)N3CCN(CC)CC3)cc2c1. The summed E-state index contributed by atoms with van der Waals surface area (Å²) in [5.41, 5.74) is 3.81. The maximum atomic E-state index is 13.4. The molecule has 0 aliphatic carbocycles. The van der Waals surface area contributed by atoms with Gasteiger partial charge < -0.3 is 9.88 Å². The van der Waals surface area contributed by atoms with Crippen molar-refractivity contribution in [2.75, 3.05) is 32.7 Å². The molecule has 0 saturated carbocycles. The second-order valence-electron chi connectivity index (χ2n) is 8.88. The number of nitrogens with zero attached hydrogens (tertiary/aromatic N) is 6. The van der Waals surface area contributed by atoms with Crippen molar-refractivity contribution in [1.29, 1.82) is 0 Å². The van der Waals surface area contributed by atoms with E-state index in [1.165, 1.54) is 5.56 Å². The van der Waals surface area contributed by atoms with Gasteiger partial charge in [0.2, 0.25) is 0 Å². The van der Waals surface area contributed by atoms with E-state index in [0.717, 1.165) is 55.6 Å². The summed E-state index contributed by atoms with van der Waals surface area (Å²) in [5.74, 6) is 0.699. The summed E-state index contributed by atoms with van der Waals surface area (Å²) in [6.45, 7) is 9.53. The Morgan fingerprint density at radius 2 is 1.76 bits per heavy atom.